The highest BCUT2D eigenvalue weighted by Gasteiger charge is 2.40. The van der Waals surface area contributed by atoms with Crippen LogP contribution in [0.15, 0.2) is 42.6 Å². The molecule has 1 aliphatic rings. The maximum atomic E-state index is 10.7. The van der Waals surface area contributed by atoms with E-state index in [9.17, 15) is 5.11 Å². The molecule has 1 fully saturated rings. The van der Waals surface area contributed by atoms with Gasteiger partial charge in [-0.15, -0.1) is 0 Å². The highest BCUT2D eigenvalue weighted by Crippen LogP contribution is 2.32. The second kappa shape index (κ2) is 4.53. The molecule has 21 heavy (non-hydrogen) atoms. The van der Waals surface area contributed by atoms with Gasteiger partial charge in [0.05, 0.1) is 18.3 Å². The van der Waals surface area contributed by atoms with Crippen LogP contribution in [0.25, 0.3) is 10.9 Å². The summed E-state index contributed by atoms with van der Waals surface area (Å²) in [5.41, 5.74) is 0.595. The third-order valence-electron chi connectivity index (χ3n) is 4.05. The molecule has 1 unspecified atom stereocenters. The number of nitrogens with one attached hydrogen (secondary N) is 1. The summed E-state index contributed by atoms with van der Waals surface area (Å²) in [7, 11) is 0. The van der Waals surface area contributed by atoms with Gasteiger partial charge in [0.15, 0.2) is 0 Å². The minimum Gasteiger partial charge on any atom is -0.381 e. The van der Waals surface area contributed by atoms with E-state index in [1.54, 1.807) is 6.20 Å². The largest absolute Gasteiger partial charge is 0.381 e. The molecule has 0 radical (unpaired) electrons. The van der Waals surface area contributed by atoms with Crippen LogP contribution in [0.5, 0.6) is 0 Å². The molecule has 2 aromatic heterocycles. The van der Waals surface area contributed by atoms with Gasteiger partial charge in [0.2, 0.25) is 0 Å². The first-order chi connectivity index (χ1) is 10.2. The molecule has 1 aromatic carbocycles. The number of hydrogen-bond acceptors (Lipinski definition) is 5. The van der Waals surface area contributed by atoms with Crippen LogP contribution in [0.3, 0.4) is 0 Å². The topological polar surface area (TPSA) is 77.9 Å². The summed E-state index contributed by atoms with van der Waals surface area (Å²) in [5, 5.41) is 22.2. The fourth-order valence-corrected chi connectivity index (χ4v) is 2.86. The maximum absolute atomic E-state index is 10.7. The van der Waals surface area contributed by atoms with Crippen molar-refractivity contribution >= 4 is 16.7 Å². The number of aromatic nitrogens is 4. The number of fused-ring (bicyclic) bond motifs is 1. The number of hydrogen-bond donors (Lipinski definition) is 2. The van der Waals surface area contributed by atoms with Crippen LogP contribution in [-0.4, -0.2) is 38.6 Å². The number of β-amino-alcohol motifs (C(OH)–C–C–N with tert-alkyl or cyclic N) is 1. The highest BCUT2D eigenvalue weighted by molar-refractivity contribution is 5.80. The fraction of sp³-hybridized carbons (Fsp3) is 0.267. The number of para-hydroxylation sites is 1. The second-order valence-electron chi connectivity index (χ2n) is 5.42. The van der Waals surface area contributed by atoms with E-state index in [1.165, 1.54) is 0 Å². The summed E-state index contributed by atoms with van der Waals surface area (Å²) in [6.07, 6.45) is 2.20. The summed E-state index contributed by atoms with van der Waals surface area (Å²) in [5.74, 6) is 0.883. The molecule has 3 heterocycles. The summed E-state index contributed by atoms with van der Waals surface area (Å²) in [6.45, 7) is 1.22. The van der Waals surface area contributed by atoms with Crippen LogP contribution >= 0.6 is 0 Å². The van der Waals surface area contributed by atoms with Crippen molar-refractivity contribution in [3.8, 4) is 0 Å². The number of aromatic amines is 1. The Hall–Kier alpha value is -2.47. The molecule has 0 spiro atoms. The van der Waals surface area contributed by atoms with Crippen molar-refractivity contribution in [3.63, 3.8) is 0 Å². The van der Waals surface area contributed by atoms with Gasteiger partial charge in [-0.05, 0) is 18.2 Å². The van der Waals surface area contributed by atoms with Crippen molar-refractivity contribution in [1.29, 1.82) is 0 Å². The molecule has 4 rings (SSSR count). The molecular weight excluding hydrogens is 266 g/mol. The van der Waals surface area contributed by atoms with Crippen LogP contribution in [-0.2, 0) is 5.60 Å². The van der Waals surface area contributed by atoms with E-state index in [0.29, 0.717) is 18.7 Å². The lowest BCUT2D eigenvalue weighted by molar-refractivity contribution is 0.0559. The molecule has 0 bridgehead atoms. The molecule has 6 nitrogen and oxygen atoms in total. The molecule has 106 valence electrons. The van der Waals surface area contributed by atoms with E-state index in [0.717, 1.165) is 23.3 Å². The Bertz CT molecular complexity index is 773. The van der Waals surface area contributed by atoms with Crippen molar-refractivity contribution in [3.05, 3.63) is 48.3 Å². The molecule has 1 saturated heterocycles. The predicted molar refractivity (Wildman–Crippen MR) is 78.9 cm³/mol. The Morgan fingerprint density at radius 3 is 2.95 bits per heavy atom. The van der Waals surface area contributed by atoms with Gasteiger partial charge >= 0.3 is 0 Å². The highest BCUT2D eigenvalue weighted by atomic mass is 16.3. The molecule has 6 heteroatoms. The summed E-state index contributed by atoms with van der Waals surface area (Å²) >= 11 is 0. The minimum atomic E-state index is -0.958. The van der Waals surface area contributed by atoms with Crippen LogP contribution in [0.4, 0.5) is 5.82 Å². The average Bonchev–Trinajstić information content (AvgIpc) is 3.17. The van der Waals surface area contributed by atoms with Crippen molar-refractivity contribution < 1.29 is 5.11 Å². The van der Waals surface area contributed by atoms with Crippen LogP contribution < -0.4 is 4.90 Å². The molecule has 0 saturated carbocycles. The summed E-state index contributed by atoms with van der Waals surface area (Å²) in [4.78, 5) is 6.76. The lowest BCUT2D eigenvalue weighted by Gasteiger charge is -2.21. The Labute approximate surface area is 121 Å². The number of nitrogens with zero attached hydrogens (tertiary/aromatic N) is 4. The van der Waals surface area contributed by atoms with Gasteiger partial charge in [0.1, 0.15) is 17.1 Å². The van der Waals surface area contributed by atoms with Crippen LogP contribution in [0.2, 0.25) is 0 Å². The van der Waals surface area contributed by atoms with E-state index in [4.69, 9.17) is 0 Å². The average molecular weight is 281 g/mol. The lowest BCUT2D eigenvalue weighted by Crippen LogP contribution is -2.31. The number of benzene rings is 1. The Balaban J connectivity index is 1.65. The van der Waals surface area contributed by atoms with Crippen molar-refractivity contribution in [1.82, 2.24) is 20.4 Å². The zero-order valence-electron chi connectivity index (χ0n) is 11.4. The minimum absolute atomic E-state index is 0.477. The Morgan fingerprint density at radius 2 is 2.10 bits per heavy atom. The SMILES string of the molecule is OC1(c2cn[nH]n2)CCN(c2ccc3ccccc3n2)C1. The number of H-pyrrole nitrogens is 1. The van der Waals surface area contributed by atoms with Crippen molar-refractivity contribution in [2.75, 3.05) is 18.0 Å². The normalized spacial score (nSPS) is 22.0. The zero-order chi connectivity index (χ0) is 14.3. The quantitative estimate of drug-likeness (QED) is 0.743. The first-order valence-electron chi connectivity index (χ1n) is 6.94. The number of pyridine rings is 1. The fourth-order valence-electron chi connectivity index (χ4n) is 2.86. The second-order valence-corrected chi connectivity index (χ2v) is 5.42. The third kappa shape index (κ3) is 2.04. The molecular formula is C15H15N5O. The van der Waals surface area contributed by atoms with Gasteiger partial charge in [-0.1, -0.05) is 18.2 Å². The van der Waals surface area contributed by atoms with Gasteiger partial charge < -0.3 is 10.0 Å². The van der Waals surface area contributed by atoms with E-state index in [-0.39, 0.29) is 0 Å². The predicted octanol–water partition coefficient (Wildman–Crippen LogP) is 1.45. The van der Waals surface area contributed by atoms with E-state index < -0.39 is 5.60 Å². The molecule has 1 aliphatic heterocycles. The van der Waals surface area contributed by atoms with E-state index in [1.807, 2.05) is 30.3 Å². The van der Waals surface area contributed by atoms with Gasteiger partial charge in [0, 0.05) is 18.4 Å². The van der Waals surface area contributed by atoms with Gasteiger partial charge in [-0.3, -0.25) is 0 Å². The molecule has 2 N–H and O–H groups in total. The monoisotopic (exact) mass is 281 g/mol. The first kappa shape index (κ1) is 12.3. The van der Waals surface area contributed by atoms with Crippen LogP contribution in [0.1, 0.15) is 12.1 Å². The summed E-state index contributed by atoms with van der Waals surface area (Å²) < 4.78 is 0. The first-order valence-corrected chi connectivity index (χ1v) is 6.94. The molecule has 0 amide bonds. The van der Waals surface area contributed by atoms with Gasteiger partial charge in [-0.2, -0.15) is 15.4 Å². The van der Waals surface area contributed by atoms with Crippen LogP contribution in [0, 0.1) is 0 Å². The van der Waals surface area contributed by atoms with Crippen molar-refractivity contribution in [2.24, 2.45) is 0 Å². The summed E-state index contributed by atoms with van der Waals surface area (Å²) in [6, 6.07) is 12.1. The van der Waals surface area contributed by atoms with Gasteiger partial charge in [-0.25, -0.2) is 4.98 Å². The number of anilines is 1. The number of rotatable bonds is 2. The van der Waals surface area contributed by atoms with Crippen molar-refractivity contribution in [2.45, 2.75) is 12.0 Å². The molecule has 1 atom stereocenters. The molecule has 3 aromatic rings. The maximum Gasteiger partial charge on any atom is 0.129 e. The number of aliphatic hydroxyl groups is 1. The Kier molecular flexibility index (Phi) is 2.65. The Morgan fingerprint density at radius 1 is 1.19 bits per heavy atom. The molecule has 0 aliphatic carbocycles. The standard InChI is InChI=1S/C15H15N5O/c21-15(13-9-16-19-18-13)7-8-20(10-15)14-6-5-11-3-1-2-4-12(11)17-14/h1-6,9,21H,7-8,10H2,(H,16,18,19). The smallest absolute Gasteiger partial charge is 0.129 e. The zero-order valence-corrected chi connectivity index (χ0v) is 11.4. The third-order valence-corrected chi connectivity index (χ3v) is 4.05. The lowest BCUT2D eigenvalue weighted by atomic mass is 10.0. The van der Waals surface area contributed by atoms with E-state index >= 15 is 0 Å². The van der Waals surface area contributed by atoms with Gasteiger partial charge in [0.25, 0.3) is 0 Å². The van der Waals surface area contributed by atoms with E-state index in [2.05, 4.69) is 31.4 Å².